The van der Waals surface area contributed by atoms with Gasteiger partial charge in [-0.3, -0.25) is 9.13 Å². The summed E-state index contributed by atoms with van der Waals surface area (Å²) < 4.78 is 34.2. The number of rotatable bonds is 13. The van der Waals surface area contributed by atoms with E-state index in [1.54, 1.807) is 13.8 Å². The fourth-order valence-electron chi connectivity index (χ4n) is 2.35. The molecule has 2 N–H and O–H groups in total. The molecule has 0 aromatic heterocycles. The first-order valence-electron chi connectivity index (χ1n) is 9.57. The van der Waals surface area contributed by atoms with Gasteiger partial charge in [-0.1, -0.05) is 23.3 Å². The zero-order valence-electron chi connectivity index (χ0n) is 17.8. The molecule has 0 fully saturated rings. The molecule has 0 aliphatic heterocycles. The molecule has 1 atom stereocenters. The van der Waals surface area contributed by atoms with E-state index in [0.717, 1.165) is 25.7 Å². The van der Waals surface area contributed by atoms with Gasteiger partial charge in [0.15, 0.2) is 0 Å². The summed E-state index contributed by atoms with van der Waals surface area (Å²) in [6.45, 7) is 9.91. The van der Waals surface area contributed by atoms with Gasteiger partial charge in [-0.2, -0.15) is 0 Å². The van der Waals surface area contributed by atoms with Crippen LogP contribution < -0.4 is 0 Å². The second-order valence-electron chi connectivity index (χ2n) is 7.33. The van der Waals surface area contributed by atoms with E-state index in [0.29, 0.717) is 6.42 Å². The average molecular weight is 434 g/mol. The summed E-state index contributed by atoms with van der Waals surface area (Å²) >= 11 is 0. The predicted molar refractivity (Wildman–Crippen MR) is 116 cm³/mol. The van der Waals surface area contributed by atoms with E-state index in [9.17, 15) is 9.13 Å². The summed E-state index contributed by atoms with van der Waals surface area (Å²) in [5, 5.41) is 0. The Morgan fingerprint density at radius 1 is 1.04 bits per heavy atom. The zero-order valence-corrected chi connectivity index (χ0v) is 19.6. The SMILES string of the molecule is CC(C)=CCC/C(C)=C/CCC#CCCOCP(=O)(CP(=O)(O)O)OC(C)C. The maximum Gasteiger partial charge on any atom is 0.335 e. The molecule has 0 spiro atoms. The molecule has 0 radical (unpaired) electrons. The molecule has 0 aromatic rings. The molecule has 0 bridgehead atoms. The molecular formula is C20H36O6P2. The molecule has 0 saturated carbocycles. The van der Waals surface area contributed by atoms with Crippen LogP contribution >= 0.6 is 15.0 Å². The Hall–Kier alpha value is -0.660. The molecule has 28 heavy (non-hydrogen) atoms. The first-order chi connectivity index (χ1) is 12.9. The monoisotopic (exact) mass is 434 g/mol. The summed E-state index contributed by atoms with van der Waals surface area (Å²) in [4.78, 5) is 18.1. The highest BCUT2D eigenvalue weighted by Gasteiger charge is 2.33. The molecule has 0 saturated heterocycles. The van der Waals surface area contributed by atoms with Crippen molar-refractivity contribution in [2.75, 3.05) is 18.9 Å². The summed E-state index contributed by atoms with van der Waals surface area (Å²) in [6.07, 6.45) is 8.03. The third-order valence-corrected chi connectivity index (χ3v) is 8.02. The van der Waals surface area contributed by atoms with Gasteiger partial charge in [0, 0.05) is 12.8 Å². The van der Waals surface area contributed by atoms with Crippen LogP contribution in [0.25, 0.3) is 0 Å². The van der Waals surface area contributed by atoms with E-state index in [1.807, 2.05) is 0 Å². The molecule has 0 amide bonds. The second-order valence-corrected chi connectivity index (χ2v) is 11.9. The van der Waals surface area contributed by atoms with Gasteiger partial charge in [-0.05, 0) is 53.9 Å². The summed E-state index contributed by atoms with van der Waals surface area (Å²) in [5.74, 6) is 5.26. The zero-order chi connectivity index (χ0) is 21.6. The van der Waals surface area contributed by atoms with Crippen molar-refractivity contribution in [3.63, 3.8) is 0 Å². The quantitative estimate of drug-likeness (QED) is 0.168. The highest BCUT2D eigenvalue weighted by Crippen LogP contribution is 2.58. The van der Waals surface area contributed by atoms with Crippen molar-refractivity contribution < 1.29 is 28.2 Å². The van der Waals surface area contributed by atoms with Gasteiger partial charge in [0.1, 0.15) is 12.3 Å². The lowest BCUT2D eigenvalue weighted by Gasteiger charge is -2.21. The van der Waals surface area contributed by atoms with E-state index >= 15 is 0 Å². The Balaban J connectivity index is 4.14. The third kappa shape index (κ3) is 17.4. The van der Waals surface area contributed by atoms with Crippen LogP contribution in [-0.4, -0.2) is 34.7 Å². The minimum Gasteiger partial charge on any atom is -0.370 e. The van der Waals surface area contributed by atoms with Crippen LogP contribution in [0.4, 0.5) is 0 Å². The standard InChI is InChI=1S/C20H36O6P2/c1-18(2)12-11-14-20(5)13-9-7-6-8-10-15-25-16-27(21,26-19(3)4)17-28(22,23)24/h12-13,19H,7,9-11,14-17H2,1-5H3,(H2,22,23,24)/b20-13+. The van der Waals surface area contributed by atoms with Gasteiger partial charge in [0.05, 0.1) is 12.7 Å². The first kappa shape index (κ1) is 27.3. The van der Waals surface area contributed by atoms with Crippen LogP contribution in [0, 0.1) is 11.8 Å². The van der Waals surface area contributed by atoms with Crippen LogP contribution in [0.5, 0.6) is 0 Å². The molecule has 0 rings (SSSR count). The number of hydrogen-bond acceptors (Lipinski definition) is 4. The minimum absolute atomic E-state index is 0.247. The van der Waals surface area contributed by atoms with E-state index in [-0.39, 0.29) is 13.0 Å². The normalized spacial score (nSPS) is 14.4. The van der Waals surface area contributed by atoms with Gasteiger partial charge in [-0.15, -0.1) is 11.8 Å². The lowest BCUT2D eigenvalue weighted by atomic mass is 10.1. The first-order valence-corrected chi connectivity index (χ1v) is 13.4. The van der Waals surface area contributed by atoms with Gasteiger partial charge in [0.25, 0.3) is 0 Å². The van der Waals surface area contributed by atoms with Crippen molar-refractivity contribution in [2.24, 2.45) is 0 Å². The molecule has 162 valence electrons. The fraction of sp³-hybridized carbons (Fsp3) is 0.700. The van der Waals surface area contributed by atoms with Crippen molar-refractivity contribution in [2.45, 2.75) is 72.8 Å². The van der Waals surface area contributed by atoms with E-state index in [1.165, 1.54) is 11.1 Å². The number of unbranched alkanes of at least 4 members (excludes halogenated alkanes) is 1. The minimum atomic E-state index is -4.44. The van der Waals surface area contributed by atoms with Gasteiger partial charge in [-0.25, -0.2) is 0 Å². The highest BCUT2D eigenvalue weighted by atomic mass is 31.2. The van der Waals surface area contributed by atoms with Crippen LogP contribution in [0.1, 0.15) is 66.7 Å². The molecule has 6 nitrogen and oxygen atoms in total. The number of allylic oxidation sites excluding steroid dienone is 4. The second kappa shape index (κ2) is 14.3. The van der Waals surface area contributed by atoms with Crippen LogP contribution in [0.15, 0.2) is 23.3 Å². The predicted octanol–water partition coefficient (Wildman–Crippen LogP) is 5.67. The van der Waals surface area contributed by atoms with Crippen molar-refractivity contribution in [1.29, 1.82) is 0 Å². The number of ether oxygens (including phenoxy) is 1. The van der Waals surface area contributed by atoms with Crippen molar-refractivity contribution in [3.05, 3.63) is 23.3 Å². The fourth-order valence-corrected chi connectivity index (χ4v) is 6.43. The van der Waals surface area contributed by atoms with E-state index in [2.05, 4.69) is 44.8 Å². The average Bonchev–Trinajstić information content (AvgIpc) is 2.50. The Kier molecular flexibility index (Phi) is 14.0. The molecular weight excluding hydrogens is 398 g/mol. The Bertz CT molecular complexity index is 660. The largest absolute Gasteiger partial charge is 0.370 e. The summed E-state index contributed by atoms with van der Waals surface area (Å²) in [5.41, 5.74) is 2.71. The molecule has 8 heteroatoms. The summed E-state index contributed by atoms with van der Waals surface area (Å²) in [6, 6.07) is 0. The van der Waals surface area contributed by atoms with Gasteiger partial charge >= 0.3 is 7.60 Å². The van der Waals surface area contributed by atoms with Crippen molar-refractivity contribution in [3.8, 4) is 11.8 Å². The Morgan fingerprint density at radius 2 is 1.68 bits per heavy atom. The van der Waals surface area contributed by atoms with Crippen LogP contribution in [-0.2, 0) is 18.4 Å². The van der Waals surface area contributed by atoms with E-state index < -0.39 is 27.0 Å². The van der Waals surface area contributed by atoms with Gasteiger partial charge < -0.3 is 19.0 Å². The maximum absolute atomic E-state index is 12.5. The lowest BCUT2D eigenvalue weighted by Crippen LogP contribution is -2.09. The Labute approximate surface area is 170 Å². The highest BCUT2D eigenvalue weighted by molar-refractivity contribution is 7.73. The summed E-state index contributed by atoms with van der Waals surface area (Å²) in [7, 11) is -7.98. The Morgan fingerprint density at radius 3 is 2.25 bits per heavy atom. The topological polar surface area (TPSA) is 93.1 Å². The van der Waals surface area contributed by atoms with Crippen LogP contribution in [0.2, 0.25) is 0 Å². The lowest BCUT2D eigenvalue weighted by molar-refractivity contribution is 0.157. The van der Waals surface area contributed by atoms with Crippen molar-refractivity contribution >= 4 is 15.0 Å². The maximum atomic E-state index is 12.5. The smallest absolute Gasteiger partial charge is 0.335 e. The number of hydrogen-bond donors (Lipinski definition) is 2. The molecule has 1 unspecified atom stereocenters. The van der Waals surface area contributed by atoms with Crippen molar-refractivity contribution in [1.82, 2.24) is 0 Å². The molecule has 0 aromatic carbocycles. The molecule has 0 aliphatic rings. The van der Waals surface area contributed by atoms with Gasteiger partial charge in [0.2, 0.25) is 7.37 Å². The molecule has 0 aliphatic carbocycles. The third-order valence-electron chi connectivity index (χ3n) is 3.44. The van der Waals surface area contributed by atoms with Crippen LogP contribution in [0.3, 0.4) is 0 Å². The van der Waals surface area contributed by atoms with E-state index in [4.69, 9.17) is 19.0 Å². The molecule has 0 heterocycles.